The van der Waals surface area contributed by atoms with E-state index in [1.54, 1.807) is 0 Å². The second kappa shape index (κ2) is 5.15. The van der Waals surface area contributed by atoms with Gasteiger partial charge in [0.25, 0.3) is 0 Å². The minimum atomic E-state index is 0.740. The van der Waals surface area contributed by atoms with Crippen molar-refractivity contribution >= 4 is 28.1 Å². The van der Waals surface area contributed by atoms with Gasteiger partial charge >= 0.3 is 0 Å². The van der Waals surface area contributed by atoms with E-state index in [1.807, 2.05) is 42.5 Å². The Balaban J connectivity index is 2.07. The lowest BCUT2D eigenvalue weighted by Gasteiger charge is -2.09. The lowest BCUT2D eigenvalue weighted by atomic mass is 10.1. The molecule has 0 bridgehead atoms. The van der Waals surface area contributed by atoms with Crippen LogP contribution in [0.5, 0.6) is 0 Å². The number of rotatable bonds is 3. The second-order valence-corrected chi connectivity index (χ2v) is 5.45. The van der Waals surface area contributed by atoms with Gasteiger partial charge < -0.3 is 4.57 Å². The van der Waals surface area contributed by atoms with Gasteiger partial charge in [-0.05, 0) is 17.7 Å². The Morgan fingerprint density at radius 1 is 0.773 bits per heavy atom. The van der Waals surface area contributed by atoms with Crippen molar-refractivity contribution < 1.29 is 4.79 Å². The number of carbonyl (C=O) groups is 1. The Labute approximate surface area is 128 Å². The SMILES string of the molecule is O=Cc1cccc2c3ccccc3n(Cc3ccccc3)c12. The molecule has 4 aromatic rings. The maximum Gasteiger partial charge on any atom is 0.152 e. The number of hydrogen-bond acceptors (Lipinski definition) is 1. The van der Waals surface area contributed by atoms with Gasteiger partial charge in [0.2, 0.25) is 0 Å². The predicted octanol–water partition coefficient (Wildman–Crippen LogP) is 4.66. The van der Waals surface area contributed by atoms with E-state index in [0.717, 1.165) is 34.8 Å². The molecule has 0 radical (unpaired) electrons. The number of hydrogen-bond donors (Lipinski definition) is 0. The Hall–Kier alpha value is -2.87. The molecule has 2 heteroatoms. The zero-order valence-corrected chi connectivity index (χ0v) is 12.1. The fourth-order valence-corrected chi connectivity index (χ4v) is 3.16. The third-order valence-electron chi connectivity index (χ3n) is 4.13. The topological polar surface area (TPSA) is 22.0 Å². The summed E-state index contributed by atoms with van der Waals surface area (Å²) in [5.41, 5.74) is 4.15. The molecule has 0 aliphatic carbocycles. The molecule has 0 amide bonds. The third kappa shape index (κ3) is 1.92. The van der Waals surface area contributed by atoms with Crippen LogP contribution < -0.4 is 0 Å². The van der Waals surface area contributed by atoms with Crippen molar-refractivity contribution in [1.29, 1.82) is 0 Å². The van der Waals surface area contributed by atoms with Crippen molar-refractivity contribution in [1.82, 2.24) is 4.57 Å². The molecule has 0 saturated heterocycles. The van der Waals surface area contributed by atoms with Gasteiger partial charge in [0.05, 0.1) is 5.52 Å². The molecule has 0 aliphatic heterocycles. The van der Waals surface area contributed by atoms with E-state index in [1.165, 1.54) is 10.9 Å². The van der Waals surface area contributed by atoms with Gasteiger partial charge in [-0.15, -0.1) is 0 Å². The molecular weight excluding hydrogens is 270 g/mol. The first kappa shape index (κ1) is 12.8. The van der Waals surface area contributed by atoms with Crippen LogP contribution in [0.2, 0.25) is 0 Å². The maximum absolute atomic E-state index is 11.5. The fourth-order valence-electron chi connectivity index (χ4n) is 3.16. The largest absolute Gasteiger partial charge is 0.335 e. The van der Waals surface area contributed by atoms with Crippen LogP contribution in [0.15, 0.2) is 72.8 Å². The molecule has 2 nitrogen and oxygen atoms in total. The third-order valence-corrected chi connectivity index (χ3v) is 4.13. The molecule has 0 saturated carbocycles. The Kier molecular flexibility index (Phi) is 3.01. The first-order valence-corrected chi connectivity index (χ1v) is 7.37. The molecule has 22 heavy (non-hydrogen) atoms. The van der Waals surface area contributed by atoms with Crippen LogP contribution in [0.4, 0.5) is 0 Å². The highest BCUT2D eigenvalue weighted by Gasteiger charge is 2.13. The van der Waals surface area contributed by atoms with Crippen LogP contribution in [0.1, 0.15) is 15.9 Å². The van der Waals surface area contributed by atoms with Gasteiger partial charge in [0, 0.05) is 28.4 Å². The monoisotopic (exact) mass is 285 g/mol. The van der Waals surface area contributed by atoms with Crippen molar-refractivity contribution in [3.05, 3.63) is 83.9 Å². The quantitative estimate of drug-likeness (QED) is 0.502. The summed E-state index contributed by atoms with van der Waals surface area (Å²) in [6.07, 6.45) is 0.947. The molecule has 0 aliphatic rings. The standard InChI is InChI=1S/C20H15NO/c22-14-16-9-6-11-18-17-10-4-5-12-19(17)21(20(16)18)13-15-7-2-1-3-8-15/h1-12,14H,13H2. The molecule has 106 valence electrons. The molecule has 1 heterocycles. The summed E-state index contributed by atoms with van der Waals surface area (Å²) in [7, 11) is 0. The molecule has 0 spiro atoms. The average Bonchev–Trinajstić information content (AvgIpc) is 2.90. The Bertz CT molecular complexity index is 967. The van der Waals surface area contributed by atoms with Gasteiger partial charge in [-0.2, -0.15) is 0 Å². The van der Waals surface area contributed by atoms with Crippen LogP contribution in [0.3, 0.4) is 0 Å². The van der Waals surface area contributed by atoms with Gasteiger partial charge in [-0.25, -0.2) is 0 Å². The summed E-state index contributed by atoms with van der Waals surface area (Å²) in [5, 5.41) is 2.33. The average molecular weight is 285 g/mol. The number of carbonyl (C=O) groups excluding carboxylic acids is 1. The number of aromatic nitrogens is 1. The van der Waals surface area contributed by atoms with Crippen molar-refractivity contribution in [2.75, 3.05) is 0 Å². The molecule has 0 unspecified atom stereocenters. The van der Waals surface area contributed by atoms with E-state index in [0.29, 0.717) is 0 Å². The van der Waals surface area contributed by atoms with Crippen LogP contribution in [-0.4, -0.2) is 10.9 Å². The summed E-state index contributed by atoms with van der Waals surface area (Å²) < 4.78 is 2.24. The second-order valence-electron chi connectivity index (χ2n) is 5.45. The normalized spacial score (nSPS) is 11.1. The number of fused-ring (bicyclic) bond motifs is 3. The number of para-hydroxylation sites is 2. The lowest BCUT2D eigenvalue weighted by molar-refractivity contribution is 0.112. The highest BCUT2D eigenvalue weighted by atomic mass is 16.1. The van der Waals surface area contributed by atoms with E-state index >= 15 is 0 Å². The first-order valence-electron chi connectivity index (χ1n) is 7.37. The first-order chi connectivity index (χ1) is 10.9. The zero-order chi connectivity index (χ0) is 14.9. The Morgan fingerprint density at radius 2 is 1.50 bits per heavy atom. The highest BCUT2D eigenvalue weighted by Crippen LogP contribution is 2.31. The molecule has 0 N–H and O–H groups in total. The zero-order valence-electron chi connectivity index (χ0n) is 12.1. The summed E-state index contributed by atoms with van der Waals surface area (Å²) >= 11 is 0. The van der Waals surface area contributed by atoms with Crippen LogP contribution in [0.25, 0.3) is 21.8 Å². The van der Waals surface area contributed by atoms with E-state index in [2.05, 4.69) is 34.9 Å². The van der Waals surface area contributed by atoms with E-state index in [9.17, 15) is 4.79 Å². The van der Waals surface area contributed by atoms with Crippen molar-refractivity contribution in [3.8, 4) is 0 Å². The smallest absolute Gasteiger partial charge is 0.152 e. The minimum Gasteiger partial charge on any atom is -0.335 e. The number of nitrogens with zero attached hydrogens (tertiary/aromatic N) is 1. The van der Waals surface area contributed by atoms with Crippen molar-refractivity contribution in [3.63, 3.8) is 0 Å². The van der Waals surface area contributed by atoms with Gasteiger partial charge in [0.1, 0.15) is 0 Å². The lowest BCUT2D eigenvalue weighted by Crippen LogP contribution is -2.01. The summed E-state index contributed by atoms with van der Waals surface area (Å²) in [6, 6.07) is 24.6. The molecular formula is C20H15NO. The number of aldehydes is 1. The van der Waals surface area contributed by atoms with Crippen molar-refractivity contribution in [2.45, 2.75) is 6.54 Å². The molecule has 0 atom stereocenters. The van der Waals surface area contributed by atoms with Gasteiger partial charge in [-0.1, -0.05) is 60.7 Å². The summed E-state index contributed by atoms with van der Waals surface area (Å²) in [6.45, 7) is 0.760. The minimum absolute atomic E-state index is 0.740. The fraction of sp³-hybridized carbons (Fsp3) is 0.0500. The van der Waals surface area contributed by atoms with Crippen LogP contribution >= 0.6 is 0 Å². The Morgan fingerprint density at radius 3 is 2.32 bits per heavy atom. The van der Waals surface area contributed by atoms with Crippen LogP contribution in [-0.2, 0) is 6.54 Å². The number of benzene rings is 3. The molecule has 0 fully saturated rings. The highest BCUT2D eigenvalue weighted by molar-refractivity contribution is 6.12. The summed E-state index contributed by atoms with van der Waals surface area (Å²) in [4.78, 5) is 11.5. The summed E-state index contributed by atoms with van der Waals surface area (Å²) in [5.74, 6) is 0. The van der Waals surface area contributed by atoms with E-state index in [-0.39, 0.29) is 0 Å². The van der Waals surface area contributed by atoms with Crippen LogP contribution in [0, 0.1) is 0 Å². The van der Waals surface area contributed by atoms with E-state index in [4.69, 9.17) is 0 Å². The van der Waals surface area contributed by atoms with Crippen molar-refractivity contribution in [2.24, 2.45) is 0 Å². The molecule has 1 aromatic heterocycles. The predicted molar refractivity (Wildman–Crippen MR) is 90.4 cm³/mol. The van der Waals surface area contributed by atoms with E-state index < -0.39 is 0 Å². The van der Waals surface area contributed by atoms with Gasteiger partial charge in [-0.3, -0.25) is 4.79 Å². The molecule has 3 aromatic carbocycles. The van der Waals surface area contributed by atoms with Gasteiger partial charge in [0.15, 0.2) is 6.29 Å². The maximum atomic E-state index is 11.5. The molecule has 4 rings (SSSR count).